The van der Waals surface area contributed by atoms with E-state index in [1.165, 1.54) is 83.0 Å². The van der Waals surface area contributed by atoms with Crippen molar-refractivity contribution < 1.29 is 72.5 Å². The van der Waals surface area contributed by atoms with Crippen LogP contribution in [-0.4, -0.2) is 122 Å². The Morgan fingerprint density at radius 1 is 0.675 bits per heavy atom. The summed E-state index contributed by atoms with van der Waals surface area (Å²) in [5, 5.41) is 54.4. The van der Waals surface area contributed by atoms with E-state index in [0.717, 1.165) is 0 Å². The predicted octanol–water partition coefficient (Wildman–Crippen LogP) is 4.32. The first-order chi connectivity index (χ1) is 39.6. The average Bonchev–Trinajstić information content (AvgIpc) is 2.90. The second-order valence-corrected chi connectivity index (χ2v) is 21.3. The first-order valence-corrected chi connectivity index (χ1v) is 27.1. The SMILES string of the molecule is CN[C@H](CC(C)C)C(=O)N[C@H]1C(=O)N[C@@H](CC(N)=O)C(=O)N[C@H]2C(=S)N[C@H]3C(=O)N[C@H](C(=O)N[C@H](CO)c4cc(OC)cc(OC)c4-c4cc3ccc4OC)[C@H](O)c3ccc(c(Cl)c3)Oc3cc2cc(c3OC)Oc2ccc(cc2Cl)[C@H]1O. The maximum Gasteiger partial charge on any atom is 0.247 e. The van der Waals surface area contributed by atoms with Gasteiger partial charge in [-0.3, -0.25) is 28.8 Å². The molecule has 5 aliphatic heterocycles. The van der Waals surface area contributed by atoms with Crippen molar-refractivity contribution in [2.45, 2.75) is 81.2 Å². The monoisotopic (exact) mass is 1200 g/mol. The number of thiocarbonyl (C=S) groups is 1. The van der Waals surface area contributed by atoms with Crippen LogP contribution in [0.2, 0.25) is 10.0 Å². The summed E-state index contributed by atoms with van der Waals surface area (Å²) in [5.41, 5.74) is 6.84. The van der Waals surface area contributed by atoms with E-state index in [1.54, 1.807) is 31.3 Å². The number of rotatable bonds is 12. The summed E-state index contributed by atoms with van der Waals surface area (Å²) in [7, 11) is 7.08. The number of fused-ring (bicyclic) bond motifs is 15. The van der Waals surface area contributed by atoms with Gasteiger partial charge in [0.15, 0.2) is 11.5 Å². The Bertz CT molecular complexity index is 3370. The van der Waals surface area contributed by atoms with E-state index in [0.29, 0.717) is 17.5 Å². The molecule has 9 atom stereocenters. The van der Waals surface area contributed by atoms with Crippen LogP contribution >= 0.6 is 35.4 Å². The normalized spacial score (nSPS) is 22.0. The molecule has 5 heterocycles. The van der Waals surface area contributed by atoms with Crippen molar-refractivity contribution in [2.75, 3.05) is 42.1 Å². The lowest BCUT2D eigenvalue weighted by atomic mass is 9.89. The van der Waals surface area contributed by atoms with Crippen LogP contribution in [-0.2, 0) is 28.8 Å². The first-order valence-electron chi connectivity index (χ1n) is 26.0. The van der Waals surface area contributed by atoms with Gasteiger partial charge in [0.25, 0.3) is 0 Å². The molecule has 0 fully saturated rings. The summed E-state index contributed by atoms with van der Waals surface area (Å²) in [6.07, 6.45) is -4.21. The molecule has 12 N–H and O–H groups in total. The Morgan fingerprint density at radius 3 is 1.84 bits per heavy atom. The van der Waals surface area contributed by atoms with Crippen LogP contribution in [0.1, 0.15) is 84.8 Å². The summed E-state index contributed by atoms with van der Waals surface area (Å²) in [4.78, 5) is 86.3. The number of primary amides is 1. The minimum atomic E-state index is -1.86. The maximum atomic E-state index is 15.4. The van der Waals surface area contributed by atoms with Gasteiger partial charge in [-0.15, -0.1) is 0 Å². The fourth-order valence-electron chi connectivity index (χ4n) is 9.98. The molecule has 23 nitrogen and oxygen atoms in total. The summed E-state index contributed by atoms with van der Waals surface area (Å²) >= 11 is 20.1. The number of carbonyl (C=O) groups is 6. The number of hydrogen-bond acceptors (Lipinski definition) is 17. The largest absolute Gasteiger partial charge is 0.497 e. The van der Waals surface area contributed by atoms with Gasteiger partial charge in [-0.25, -0.2) is 0 Å². The van der Waals surface area contributed by atoms with E-state index in [4.69, 9.17) is 69.6 Å². The Morgan fingerprint density at radius 2 is 1.29 bits per heavy atom. The van der Waals surface area contributed by atoms with Gasteiger partial charge >= 0.3 is 0 Å². The van der Waals surface area contributed by atoms with Crippen LogP contribution in [0.5, 0.6) is 46.0 Å². The molecule has 26 heteroatoms. The van der Waals surface area contributed by atoms with Gasteiger partial charge in [0.1, 0.15) is 76.2 Å². The standard InChI is InChI=1S/C57H62Cl2N8O15S/c1-24(2)14-34(61-3)52(72)65-47-49(70)26-9-12-38(32(58)16-26)81-41-18-28-19-42(51(41)80-7)82-39-13-10-27(17-33(39)59)50(71)48-56(76)63-36(23-68)30-20-29(77-4)21-40(79-6)44(30)31-15-25(8-11-37(31)78-5)45(54(74)66-48)67-57(83)46(28)64-53(73)35(22-43(60)69)62-55(47)75/h8-13,15-21,24,34-36,45-50,61,68,70-71H,14,22-23H2,1-7H3,(H2,60,69)(H,62,75)(H,63,76)(H,64,73)(H,65,72)(H,66,74)(H,67,83)/t34-,35+,36-,45-,46-,47-,48+,49-,50-/m1/s1. The van der Waals surface area contributed by atoms with Gasteiger partial charge in [-0.1, -0.05) is 67.5 Å². The Balaban J connectivity index is 1.38. The maximum absolute atomic E-state index is 15.4. The molecule has 83 heavy (non-hydrogen) atoms. The zero-order valence-electron chi connectivity index (χ0n) is 45.9. The molecule has 5 aromatic rings. The van der Waals surface area contributed by atoms with E-state index < -0.39 is 103 Å². The van der Waals surface area contributed by atoms with Crippen molar-refractivity contribution >= 4 is 75.9 Å². The van der Waals surface area contributed by atoms with Crippen LogP contribution in [0.15, 0.2) is 78.9 Å². The van der Waals surface area contributed by atoms with Crippen LogP contribution < -0.4 is 71.4 Å². The van der Waals surface area contributed by atoms with Gasteiger partial charge in [0, 0.05) is 17.2 Å². The van der Waals surface area contributed by atoms with Crippen molar-refractivity contribution in [3.8, 4) is 57.1 Å². The van der Waals surface area contributed by atoms with E-state index in [1.807, 2.05) is 13.8 Å². The molecule has 0 unspecified atom stereocenters. The van der Waals surface area contributed by atoms with E-state index in [2.05, 4.69) is 37.2 Å². The molecule has 11 bridgehead atoms. The van der Waals surface area contributed by atoms with Gasteiger partial charge < -0.3 is 86.7 Å². The van der Waals surface area contributed by atoms with Gasteiger partial charge in [0.05, 0.1) is 63.6 Å². The highest BCUT2D eigenvalue weighted by Crippen LogP contribution is 2.48. The van der Waals surface area contributed by atoms with E-state index >= 15 is 9.59 Å². The quantitative estimate of drug-likeness (QED) is 0.0775. The number of aliphatic hydroxyl groups excluding tert-OH is 3. The third-order valence-corrected chi connectivity index (χ3v) is 15.1. The summed E-state index contributed by atoms with van der Waals surface area (Å²) in [5.74, 6) is -5.59. The second-order valence-electron chi connectivity index (χ2n) is 20.1. The zero-order chi connectivity index (χ0) is 60.1. The van der Waals surface area contributed by atoms with Crippen molar-refractivity contribution in [1.82, 2.24) is 37.2 Å². The van der Waals surface area contributed by atoms with Crippen LogP contribution in [0, 0.1) is 5.92 Å². The number of nitrogens with one attached hydrogen (secondary N) is 7. The first kappa shape index (κ1) is 61.1. The van der Waals surface area contributed by atoms with Crippen molar-refractivity contribution in [3.05, 3.63) is 117 Å². The highest BCUT2D eigenvalue weighted by molar-refractivity contribution is 7.80. The highest BCUT2D eigenvalue weighted by Gasteiger charge is 2.40. The number of ether oxygens (including phenoxy) is 6. The van der Waals surface area contributed by atoms with Gasteiger partial charge in [-0.2, -0.15) is 0 Å². The number of halogens is 2. The van der Waals surface area contributed by atoms with E-state index in [-0.39, 0.29) is 94.8 Å². The number of amides is 6. The fraction of sp³-hybridized carbons (Fsp3) is 0.351. The molecule has 6 amide bonds. The molecule has 5 aliphatic rings. The molecule has 0 aromatic heterocycles. The average molecular weight is 1200 g/mol. The van der Waals surface area contributed by atoms with Gasteiger partial charge in [0.2, 0.25) is 41.2 Å². The number of aliphatic hydroxyl groups is 3. The minimum absolute atomic E-state index is 0.0142. The molecule has 0 radical (unpaired) electrons. The number of nitrogens with two attached hydrogens (primary N) is 1. The molecular weight excluding hydrogens is 1140 g/mol. The molecule has 0 saturated carbocycles. The number of hydrogen-bond donors (Lipinski definition) is 11. The Kier molecular flexibility index (Phi) is 19.2. The number of carbonyl (C=O) groups excluding carboxylic acids is 6. The van der Waals surface area contributed by atoms with Gasteiger partial charge in [-0.05, 0) is 102 Å². The topological polar surface area (TPSA) is 329 Å². The van der Waals surface area contributed by atoms with Crippen LogP contribution in [0.3, 0.4) is 0 Å². The summed E-state index contributed by atoms with van der Waals surface area (Å²) in [6, 6.07) is 7.88. The van der Waals surface area contributed by atoms with E-state index in [9.17, 15) is 34.5 Å². The van der Waals surface area contributed by atoms with Crippen LogP contribution in [0.4, 0.5) is 0 Å². The lowest BCUT2D eigenvalue weighted by Crippen LogP contribution is -2.59. The molecule has 0 aliphatic carbocycles. The fourth-order valence-corrected chi connectivity index (χ4v) is 10.7. The highest BCUT2D eigenvalue weighted by atomic mass is 35.5. The lowest BCUT2D eigenvalue weighted by molar-refractivity contribution is -0.136. The third kappa shape index (κ3) is 13.1. The lowest BCUT2D eigenvalue weighted by Gasteiger charge is -2.32. The Labute approximate surface area is 492 Å². The number of likely N-dealkylation sites (N-methyl/N-ethyl adjacent to an activating group) is 1. The minimum Gasteiger partial charge on any atom is -0.497 e. The summed E-state index contributed by atoms with van der Waals surface area (Å²) in [6.45, 7) is 3.07. The molecular formula is C57H62Cl2N8O15S. The van der Waals surface area contributed by atoms with Crippen molar-refractivity contribution in [2.24, 2.45) is 11.7 Å². The molecule has 5 aromatic carbocycles. The molecule has 440 valence electrons. The smallest absolute Gasteiger partial charge is 0.247 e. The predicted molar refractivity (Wildman–Crippen MR) is 307 cm³/mol. The molecule has 0 spiro atoms. The number of methoxy groups -OCH3 is 4. The number of benzene rings is 5. The zero-order valence-corrected chi connectivity index (χ0v) is 48.2. The van der Waals surface area contributed by atoms with Crippen molar-refractivity contribution in [1.29, 1.82) is 0 Å². The Hall–Kier alpha value is -7.97. The molecule has 10 rings (SSSR count). The van der Waals surface area contributed by atoms with Crippen LogP contribution in [0.25, 0.3) is 11.1 Å². The summed E-state index contributed by atoms with van der Waals surface area (Å²) < 4.78 is 36.3. The molecule has 0 saturated heterocycles. The van der Waals surface area contributed by atoms with Crippen molar-refractivity contribution in [3.63, 3.8) is 0 Å². The second kappa shape index (κ2) is 26.1. The third-order valence-electron chi connectivity index (χ3n) is 14.2.